The van der Waals surface area contributed by atoms with E-state index in [0.717, 1.165) is 16.9 Å². The largest absolute Gasteiger partial charge is 0.497 e. The van der Waals surface area contributed by atoms with Gasteiger partial charge in [-0.25, -0.2) is 4.79 Å². The van der Waals surface area contributed by atoms with Crippen molar-refractivity contribution >= 4 is 17.6 Å². The number of carbonyl (C=O) groups is 1. The Labute approximate surface area is 209 Å². The Kier molecular flexibility index (Phi) is 7.16. The molecule has 4 rings (SSSR count). The summed E-state index contributed by atoms with van der Waals surface area (Å²) in [4.78, 5) is 12.2. The molecule has 0 saturated carbocycles. The average molecular weight is 507 g/mol. The Morgan fingerprint density at radius 3 is 2.34 bits per heavy atom. The third-order valence-corrected chi connectivity index (χ3v) is 7.40. The van der Waals surface area contributed by atoms with Gasteiger partial charge >= 0.3 is 5.97 Å². The summed E-state index contributed by atoms with van der Waals surface area (Å²) < 4.78 is 28.9. The Morgan fingerprint density at radius 2 is 1.74 bits per heavy atom. The monoisotopic (exact) mass is 506 g/mol. The van der Waals surface area contributed by atoms with Gasteiger partial charge in [-0.1, -0.05) is 35.9 Å². The molecule has 0 aliphatic carbocycles. The maximum Gasteiger partial charge on any atom is 0.335 e. The number of carboxylic acids is 1. The number of hydrogen-bond donors (Lipinski definition) is 2. The lowest BCUT2D eigenvalue weighted by molar-refractivity contribution is -0.415. The Balaban J connectivity index is 1.65. The minimum absolute atomic E-state index is 0.534. The molecule has 2 aliphatic rings. The number of hydrogen-bond acceptors (Lipinski definition) is 7. The lowest BCUT2D eigenvalue weighted by Gasteiger charge is -2.56. The fourth-order valence-electron chi connectivity index (χ4n) is 4.61. The van der Waals surface area contributed by atoms with Crippen LogP contribution in [-0.2, 0) is 30.2 Å². The predicted octanol–water partition coefficient (Wildman–Crippen LogP) is 3.75. The fraction of sp³-hybridized carbons (Fsp3) is 0.500. The van der Waals surface area contributed by atoms with Crippen LogP contribution in [0.5, 0.6) is 5.75 Å². The minimum atomic E-state index is -1.38. The van der Waals surface area contributed by atoms with Crippen LogP contribution in [0.4, 0.5) is 0 Å². The molecule has 6 atom stereocenters. The molecule has 0 unspecified atom stereocenters. The van der Waals surface area contributed by atoms with Crippen LogP contribution >= 0.6 is 11.6 Å². The number of methoxy groups -OCH3 is 2. The van der Waals surface area contributed by atoms with Gasteiger partial charge in [0.15, 0.2) is 11.9 Å². The molecule has 0 aromatic heterocycles. The maximum absolute atomic E-state index is 12.2. The molecule has 2 heterocycles. The lowest BCUT2D eigenvalue weighted by Crippen LogP contribution is -2.71. The normalized spacial score (nSPS) is 32.0. The van der Waals surface area contributed by atoms with Gasteiger partial charge in [-0.05, 0) is 62.1 Å². The van der Waals surface area contributed by atoms with Crippen LogP contribution in [0, 0.1) is 0 Å². The van der Waals surface area contributed by atoms with Crippen molar-refractivity contribution in [3.05, 3.63) is 64.2 Å². The van der Waals surface area contributed by atoms with E-state index in [9.17, 15) is 15.0 Å². The second-order valence-electron chi connectivity index (χ2n) is 9.51. The molecule has 190 valence electrons. The average Bonchev–Trinajstić information content (AvgIpc) is 2.82. The fourth-order valence-corrected chi connectivity index (χ4v) is 4.79. The number of fused-ring (bicyclic) bond motifs is 1. The van der Waals surface area contributed by atoms with E-state index < -0.39 is 47.9 Å². The van der Waals surface area contributed by atoms with Crippen molar-refractivity contribution in [3.63, 3.8) is 0 Å². The third kappa shape index (κ3) is 4.79. The summed E-state index contributed by atoms with van der Waals surface area (Å²) in [5, 5.41) is 21.8. The Morgan fingerprint density at radius 1 is 1.06 bits per heavy atom. The predicted molar refractivity (Wildman–Crippen MR) is 128 cm³/mol. The highest BCUT2D eigenvalue weighted by atomic mass is 35.5. The quantitative estimate of drug-likeness (QED) is 0.610. The van der Waals surface area contributed by atoms with Crippen LogP contribution in [0.3, 0.4) is 0 Å². The molecule has 0 amide bonds. The number of carboxylic acid groups (broad SMARTS) is 1. The zero-order valence-corrected chi connectivity index (χ0v) is 21.1. The van der Waals surface area contributed by atoms with Crippen molar-refractivity contribution in [1.29, 1.82) is 0 Å². The van der Waals surface area contributed by atoms with E-state index in [1.54, 1.807) is 40.0 Å². The molecule has 2 N–H and O–H groups in total. The first kappa shape index (κ1) is 25.9. The molecule has 0 radical (unpaired) electrons. The highest BCUT2D eigenvalue weighted by Gasteiger charge is 2.61. The minimum Gasteiger partial charge on any atom is -0.497 e. The summed E-state index contributed by atoms with van der Waals surface area (Å²) >= 11 is 6.47. The molecular weight excluding hydrogens is 476 g/mol. The lowest BCUT2D eigenvalue weighted by atomic mass is 9.86. The van der Waals surface area contributed by atoms with Gasteiger partial charge in [0.2, 0.25) is 0 Å². The van der Waals surface area contributed by atoms with Crippen molar-refractivity contribution in [3.8, 4) is 5.75 Å². The van der Waals surface area contributed by atoms with Gasteiger partial charge in [-0.3, -0.25) is 0 Å². The molecule has 2 aliphatic heterocycles. The molecular formula is C26H31ClO8. The van der Waals surface area contributed by atoms with Gasteiger partial charge in [0, 0.05) is 12.1 Å². The number of benzene rings is 2. The van der Waals surface area contributed by atoms with E-state index in [1.165, 1.54) is 7.11 Å². The van der Waals surface area contributed by atoms with Crippen molar-refractivity contribution in [2.45, 2.75) is 69.1 Å². The molecule has 2 saturated heterocycles. The first-order valence-electron chi connectivity index (χ1n) is 11.4. The second-order valence-corrected chi connectivity index (χ2v) is 9.91. The van der Waals surface area contributed by atoms with Gasteiger partial charge < -0.3 is 33.9 Å². The van der Waals surface area contributed by atoms with E-state index in [1.807, 2.05) is 30.3 Å². The zero-order valence-electron chi connectivity index (χ0n) is 20.4. The number of halogens is 1. The molecule has 8 nitrogen and oxygen atoms in total. The molecule has 2 aromatic rings. The first-order chi connectivity index (χ1) is 16.5. The second kappa shape index (κ2) is 9.69. The topological polar surface area (TPSA) is 104 Å². The highest BCUT2D eigenvalue weighted by molar-refractivity contribution is 6.31. The van der Waals surface area contributed by atoms with Gasteiger partial charge in [-0.15, -0.1) is 0 Å². The maximum atomic E-state index is 12.2. The van der Waals surface area contributed by atoms with E-state index in [0.29, 0.717) is 17.0 Å². The van der Waals surface area contributed by atoms with E-state index in [4.69, 9.17) is 35.3 Å². The van der Waals surface area contributed by atoms with Gasteiger partial charge in [0.25, 0.3) is 0 Å². The molecule has 2 aromatic carbocycles. The SMILES string of the molecule is COc1ccc(Cc2cc([C@@H]3O[C@H](C(=O)O)[C@H]4O[C@](C)(OC)C(C)(C)O[C@@H]4[C@H]3O)ccc2Cl)cc1. The van der Waals surface area contributed by atoms with Gasteiger partial charge in [0.1, 0.15) is 35.8 Å². The van der Waals surface area contributed by atoms with E-state index >= 15 is 0 Å². The van der Waals surface area contributed by atoms with Crippen molar-refractivity contribution in [1.82, 2.24) is 0 Å². The van der Waals surface area contributed by atoms with Crippen molar-refractivity contribution in [2.75, 3.05) is 14.2 Å². The molecule has 0 bridgehead atoms. The van der Waals surface area contributed by atoms with Crippen LogP contribution in [-0.4, -0.2) is 66.2 Å². The van der Waals surface area contributed by atoms with Crippen LogP contribution in [0.15, 0.2) is 42.5 Å². The molecule has 9 heteroatoms. The number of rotatable bonds is 6. The van der Waals surface area contributed by atoms with E-state index in [2.05, 4.69) is 0 Å². The van der Waals surface area contributed by atoms with Crippen molar-refractivity contribution in [2.24, 2.45) is 0 Å². The van der Waals surface area contributed by atoms with Crippen LogP contribution in [0.2, 0.25) is 5.02 Å². The number of ether oxygens (including phenoxy) is 5. The number of aliphatic hydroxyl groups excluding tert-OH is 1. The Hall–Kier alpha value is -2.20. The van der Waals surface area contributed by atoms with Crippen LogP contribution < -0.4 is 4.74 Å². The third-order valence-electron chi connectivity index (χ3n) is 7.03. The van der Waals surface area contributed by atoms with Crippen molar-refractivity contribution < 1.29 is 38.7 Å². The molecule has 0 spiro atoms. The summed E-state index contributed by atoms with van der Waals surface area (Å²) in [7, 11) is 3.07. The highest BCUT2D eigenvalue weighted by Crippen LogP contribution is 2.46. The number of aliphatic hydroxyl groups is 1. The number of aliphatic carboxylic acids is 1. The van der Waals surface area contributed by atoms with Crippen LogP contribution in [0.1, 0.15) is 43.6 Å². The standard InChI is InChI=1S/C26H31ClO8/c1-25(2)26(3,32-5)35-22-21(34-25)19(28)20(33-23(22)24(29)30)15-8-11-18(27)16(13-15)12-14-6-9-17(31-4)10-7-14/h6-11,13,19-23,28H,12H2,1-5H3,(H,29,30)/t19-,20-,21+,22-,23-,26-/m0/s1. The summed E-state index contributed by atoms with van der Waals surface area (Å²) in [6, 6.07) is 12.9. The molecule has 2 fully saturated rings. The van der Waals surface area contributed by atoms with Gasteiger partial charge in [0.05, 0.1) is 7.11 Å². The Bertz CT molecular complexity index is 1070. The summed E-state index contributed by atoms with van der Waals surface area (Å²) in [6.45, 7) is 5.22. The van der Waals surface area contributed by atoms with E-state index in [-0.39, 0.29) is 0 Å². The first-order valence-corrected chi connectivity index (χ1v) is 11.8. The summed E-state index contributed by atoms with van der Waals surface area (Å²) in [6.07, 6.45) is -5.01. The summed E-state index contributed by atoms with van der Waals surface area (Å²) in [5.74, 6) is -1.70. The smallest absolute Gasteiger partial charge is 0.335 e. The zero-order chi connectivity index (χ0) is 25.5. The van der Waals surface area contributed by atoms with Crippen LogP contribution in [0.25, 0.3) is 0 Å². The van der Waals surface area contributed by atoms with Gasteiger partial charge in [-0.2, -0.15) is 0 Å². The summed E-state index contributed by atoms with van der Waals surface area (Å²) in [5.41, 5.74) is 1.46. The molecule has 35 heavy (non-hydrogen) atoms.